The van der Waals surface area contributed by atoms with Crippen LogP contribution in [0, 0.1) is 17.3 Å². The first-order valence-corrected chi connectivity index (χ1v) is 7.13. The Bertz CT molecular complexity index is 225. The van der Waals surface area contributed by atoms with E-state index >= 15 is 0 Å². The molecule has 0 radical (unpaired) electrons. The molecule has 102 valence electrons. The lowest BCUT2D eigenvalue weighted by molar-refractivity contribution is 0.213. The Kier molecular flexibility index (Phi) is 5.03. The fourth-order valence-corrected chi connectivity index (χ4v) is 3.45. The van der Waals surface area contributed by atoms with Gasteiger partial charge in [0.25, 0.3) is 0 Å². The van der Waals surface area contributed by atoms with Gasteiger partial charge in [-0.1, -0.05) is 34.6 Å². The molecule has 0 amide bonds. The molecule has 2 nitrogen and oxygen atoms in total. The predicted molar refractivity (Wildman–Crippen MR) is 76.3 cm³/mol. The maximum Gasteiger partial charge on any atom is 0.0237 e. The largest absolute Gasteiger partial charge is 0.312 e. The van der Waals surface area contributed by atoms with Crippen LogP contribution in [0.1, 0.15) is 47.5 Å². The van der Waals surface area contributed by atoms with Crippen LogP contribution in [0.4, 0.5) is 0 Å². The van der Waals surface area contributed by atoms with Gasteiger partial charge in [0.15, 0.2) is 0 Å². The number of hydrogen-bond acceptors (Lipinski definition) is 2. The maximum absolute atomic E-state index is 3.81. The van der Waals surface area contributed by atoms with Crippen LogP contribution in [0.15, 0.2) is 0 Å². The third-order valence-corrected chi connectivity index (χ3v) is 4.36. The third-order valence-electron chi connectivity index (χ3n) is 4.36. The van der Waals surface area contributed by atoms with Crippen LogP contribution in [0.2, 0.25) is 0 Å². The van der Waals surface area contributed by atoms with Crippen molar-refractivity contribution in [2.24, 2.45) is 17.3 Å². The summed E-state index contributed by atoms with van der Waals surface area (Å²) in [7, 11) is 4.38. The first-order valence-electron chi connectivity index (χ1n) is 7.13. The van der Waals surface area contributed by atoms with E-state index in [1.165, 1.54) is 12.8 Å². The normalized spacial score (nSPS) is 30.2. The number of hydrogen-bond donors (Lipinski definition) is 1. The zero-order valence-corrected chi connectivity index (χ0v) is 12.9. The lowest BCUT2D eigenvalue weighted by atomic mass is 9.91. The van der Waals surface area contributed by atoms with E-state index in [-0.39, 0.29) is 0 Å². The molecule has 1 saturated carbocycles. The van der Waals surface area contributed by atoms with Gasteiger partial charge in [0, 0.05) is 18.6 Å². The summed E-state index contributed by atoms with van der Waals surface area (Å²) in [5.41, 5.74) is 0.530. The fourth-order valence-electron chi connectivity index (χ4n) is 3.45. The van der Waals surface area contributed by atoms with Crippen LogP contribution in [0.5, 0.6) is 0 Å². The van der Waals surface area contributed by atoms with Crippen molar-refractivity contribution in [1.82, 2.24) is 10.2 Å². The third kappa shape index (κ3) is 4.26. The standard InChI is InChI=1S/C15H32N2/c1-11(2)14(17(6)7)10-16-13-9-15(4,5)8-12(13)3/h11-14,16H,8-10H2,1-7H3. The van der Waals surface area contributed by atoms with Crippen LogP contribution in [-0.4, -0.2) is 37.6 Å². The van der Waals surface area contributed by atoms with Gasteiger partial charge in [-0.05, 0) is 44.2 Å². The molecule has 2 heteroatoms. The van der Waals surface area contributed by atoms with Crippen molar-refractivity contribution in [1.29, 1.82) is 0 Å². The van der Waals surface area contributed by atoms with E-state index in [2.05, 4.69) is 58.9 Å². The summed E-state index contributed by atoms with van der Waals surface area (Å²) in [6, 6.07) is 1.36. The Morgan fingerprint density at radius 2 is 1.82 bits per heavy atom. The van der Waals surface area contributed by atoms with Crippen molar-refractivity contribution in [3.8, 4) is 0 Å². The molecule has 1 rings (SSSR count). The molecule has 1 fully saturated rings. The molecule has 0 bridgehead atoms. The molecule has 1 aliphatic rings. The molecule has 0 saturated heterocycles. The maximum atomic E-state index is 3.81. The minimum Gasteiger partial charge on any atom is -0.312 e. The highest BCUT2D eigenvalue weighted by atomic mass is 15.1. The summed E-state index contributed by atoms with van der Waals surface area (Å²) in [4.78, 5) is 2.35. The lowest BCUT2D eigenvalue weighted by Gasteiger charge is -2.30. The summed E-state index contributed by atoms with van der Waals surface area (Å²) < 4.78 is 0. The summed E-state index contributed by atoms with van der Waals surface area (Å²) in [6.07, 6.45) is 2.69. The Morgan fingerprint density at radius 1 is 1.24 bits per heavy atom. The Hall–Kier alpha value is -0.0800. The predicted octanol–water partition coefficient (Wildman–Crippen LogP) is 2.99. The fraction of sp³-hybridized carbons (Fsp3) is 1.00. The van der Waals surface area contributed by atoms with Gasteiger partial charge in [0.1, 0.15) is 0 Å². The zero-order valence-electron chi connectivity index (χ0n) is 12.9. The van der Waals surface area contributed by atoms with E-state index in [0.29, 0.717) is 23.4 Å². The molecule has 1 aliphatic carbocycles. The monoisotopic (exact) mass is 240 g/mol. The van der Waals surface area contributed by atoms with Gasteiger partial charge >= 0.3 is 0 Å². The van der Waals surface area contributed by atoms with E-state index in [4.69, 9.17) is 0 Å². The summed E-state index contributed by atoms with van der Waals surface area (Å²) >= 11 is 0. The van der Waals surface area contributed by atoms with E-state index in [1.54, 1.807) is 0 Å². The highest BCUT2D eigenvalue weighted by Crippen LogP contribution is 2.40. The Labute approximate surface area is 108 Å². The van der Waals surface area contributed by atoms with Crippen molar-refractivity contribution in [3.05, 3.63) is 0 Å². The summed E-state index contributed by atoms with van der Waals surface area (Å²) in [5, 5.41) is 3.81. The molecule has 0 spiro atoms. The average molecular weight is 240 g/mol. The van der Waals surface area contributed by atoms with Gasteiger partial charge in [-0.2, -0.15) is 0 Å². The molecule has 3 unspecified atom stereocenters. The van der Waals surface area contributed by atoms with E-state index in [1.807, 2.05) is 0 Å². The molecule has 0 aromatic heterocycles. The number of likely N-dealkylation sites (N-methyl/N-ethyl adjacent to an activating group) is 1. The molecule has 0 aromatic rings. The van der Waals surface area contributed by atoms with Gasteiger partial charge in [0.05, 0.1) is 0 Å². The van der Waals surface area contributed by atoms with Gasteiger partial charge < -0.3 is 10.2 Å². The number of rotatable bonds is 5. The van der Waals surface area contributed by atoms with E-state index < -0.39 is 0 Å². The van der Waals surface area contributed by atoms with E-state index in [0.717, 1.165) is 12.5 Å². The van der Waals surface area contributed by atoms with Gasteiger partial charge in [-0.25, -0.2) is 0 Å². The van der Waals surface area contributed by atoms with Crippen LogP contribution in [-0.2, 0) is 0 Å². The first kappa shape index (κ1) is 15.0. The molecule has 1 N–H and O–H groups in total. The minimum absolute atomic E-state index is 0.530. The van der Waals surface area contributed by atoms with E-state index in [9.17, 15) is 0 Å². The molecule has 0 heterocycles. The minimum atomic E-state index is 0.530. The van der Waals surface area contributed by atoms with Gasteiger partial charge in [-0.15, -0.1) is 0 Å². The summed E-state index contributed by atoms with van der Waals surface area (Å²) in [5.74, 6) is 1.53. The molecular formula is C15H32N2. The number of nitrogens with zero attached hydrogens (tertiary/aromatic N) is 1. The second-order valence-corrected chi connectivity index (χ2v) is 7.34. The van der Waals surface area contributed by atoms with Crippen molar-refractivity contribution < 1.29 is 0 Å². The second kappa shape index (κ2) is 5.71. The van der Waals surface area contributed by atoms with Gasteiger partial charge in [0.2, 0.25) is 0 Å². The molecule has 0 aliphatic heterocycles. The number of nitrogens with one attached hydrogen (secondary N) is 1. The zero-order chi connectivity index (χ0) is 13.2. The molecule has 17 heavy (non-hydrogen) atoms. The van der Waals surface area contributed by atoms with Crippen molar-refractivity contribution in [2.75, 3.05) is 20.6 Å². The quantitative estimate of drug-likeness (QED) is 0.795. The SMILES string of the molecule is CC(C)C(CNC1CC(C)(C)CC1C)N(C)C. The summed E-state index contributed by atoms with van der Waals surface area (Å²) in [6.45, 7) is 12.9. The van der Waals surface area contributed by atoms with Crippen LogP contribution >= 0.6 is 0 Å². The first-order chi connectivity index (χ1) is 7.73. The average Bonchev–Trinajstić information content (AvgIpc) is 2.38. The highest BCUT2D eigenvalue weighted by molar-refractivity contribution is 4.92. The van der Waals surface area contributed by atoms with Gasteiger partial charge in [-0.3, -0.25) is 0 Å². The highest BCUT2D eigenvalue weighted by Gasteiger charge is 2.36. The van der Waals surface area contributed by atoms with Crippen LogP contribution < -0.4 is 5.32 Å². The molecule has 0 aromatic carbocycles. The lowest BCUT2D eigenvalue weighted by Crippen LogP contribution is -2.45. The smallest absolute Gasteiger partial charge is 0.0237 e. The Morgan fingerprint density at radius 3 is 2.18 bits per heavy atom. The van der Waals surface area contributed by atoms with Crippen LogP contribution in [0.25, 0.3) is 0 Å². The Balaban J connectivity index is 2.45. The van der Waals surface area contributed by atoms with Crippen molar-refractivity contribution in [2.45, 2.75) is 59.5 Å². The van der Waals surface area contributed by atoms with Crippen molar-refractivity contribution in [3.63, 3.8) is 0 Å². The molecule has 3 atom stereocenters. The topological polar surface area (TPSA) is 15.3 Å². The second-order valence-electron chi connectivity index (χ2n) is 7.34. The van der Waals surface area contributed by atoms with Crippen molar-refractivity contribution >= 4 is 0 Å². The van der Waals surface area contributed by atoms with Crippen LogP contribution in [0.3, 0.4) is 0 Å². The molecular weight excluding hydrogens is 208 g/mol.